The molecule has 0 aromatic rings. The van der Waals surface area contributed by atoms with Crippen LogP contribution in [0, 0.1) is 28.6 Å². The van der Waals surface area contributed by atoms with Crippen molar-refractivity contribution in [2.24, 2.45) is 28.6 Å². The molecule has 4 heterocycles. The Morgan fingerprint density at radius 3 is 2.50 bits per heavy atom. The molecule has 9 nitrogen and oxygen atoms in total. The Morgan fingerprint density at radius 2 is 1.92 bits per heavy atom. The fraction of sp³-hybridized carbons (Fsp3) is 0.778. The van der Waals surface area contributed by atoms with Crippen LogP contribution >= 0.6 is 0 Å². The lowest BCUT2D eigenvalue weighted by Gasteiger charge is -2.67. The van der Waals surface area contributed by atoms with Crippen molar-refractivity contribution >= 4 is 23.7 Å². The Balaban J connectivity index is 1.60. The number of hydrogen-bond acceptors (Lipinski definition) is 9. The molecule has 0 amide bonds. The molecule has 2 spiro atoms. The molecule has 9 heteroatoms. The minimum atomic E-state index is -1.17. The summed E-state index contributed by atoms with van der Waals surface area (Å²) in [5.74, 6) is -2.37. The monoisotopic (exact) mass is 504 g/mol. The van der Waals surface area contributed by atoms with Gasteiger partial charge in [0.1, 0.15) is 11.0 Å². The number of ketones is 1. The van der Waals surface area contributed by atoms with E-state index >= 15 is 0 Å². The van der Waals surface area contributed by atoms with Crippen molar-refractivity contribution in [2.45, 2.75) is 90.8 Å². The van der Waals surface area contributed by atoms with Crippen molar-refractivity contribution in [2.75, 3.05) is 13.2 Å². The summed E-state index contributed by atoms with van der Waals surface area (Å²) >= 11 is 0. The lowest BCUT2D eigenvalue weighted by atomic mass is 9.40. The fourth-order valence-corrected chi connectivity index (χ4v) is 7.51. The van der Waals surface area contributed by atoms with Crippen LogP contribution in [0.1, 0.15) is 66.7 Å². The van der Waals surface area contributed by atoms with Gasteiger partial charge in [-0.15, -0.1) is 0 Å². The molecule has 6 aliphatic rings. The Kier molecular flexibility index (Phi) is 6.10. The molecule has 0 aromatic carbocycles. The fourth-order valence-electron chi connectivity index (χ4n) is 7.51. The van der Waals surface area contributed by atoms with Gasteiger partial charge in [-0.25, -0.2) is 4.79 Å². The highest BCUT2D eigenvalue weighted by molar-refractivity contribution is 5.91. The number of Topliss-reactive ketones (excluding diaryl/α,β-unsaturated/α-hetero) is 1. The Bertz CT molecular complexity index is 1010. The molecule has 2 saturated carbocycles. The predicted molar refractivity (Wildman–Crippen MR) is 124 cm³/mol. The Morgan fingerprint density at radius 1 is 1.19 bits per heavy atom. The smallest absolute Gasteiger partial charge is 0.335 e. The number of carbonyl (C=O) groups is 4. The summed E-state index contributed by atoms with van der Waals surface area (Å²) in [4.78, 5) is 51.5. The molecule has 4 saturated heterocycles. The van der Waals surface area contributed by atoms with E-state index in [1.165, 1.54) is 6.92 Å². The summed E-state index contributed by atoms with van der Waals surface area (Å²) in [5.41, 5.74) is -2.10. The number of epoxide rings is 1. The van der Waals surface area contributed by atoms with Crippen molar-refractivity contribution in [1.82, 2.24) is 0 Å². The molecular weight excluding hydrogens is 468 g/mol. The largest absolute Gasteiger partial charge is 0.465 e. The van der Waals surface area contributed by atoms with Crippen LogP contribution in [0.4, 0.5) is 0 Å². The highest BCUT2D eigenvalue weighted by Gasteiger charge is 2.84. The van der Waals surface area contributed by atoms with E-state index in [-0.39, 0.29) is 29.7 Å². The van der Waals surface area contributed by atoms with Crippen molar-refractivity contribution in [1.29, 1.82) is 0 Å². The molecule has 0 N–H and O–H groups in total. The van der Waals surface area contributed by atoms with Crippen molar-refractivity contribution in [3.05, 3.63) is 11.6 Å². The number of esters is 3. The highest BCUT2D eigenvalue weighted by atomic mass is 16.7. The number of carbonyl (C=O) groups excluding carboxylic acids is 4. The maximum absolute atomic E-state index is 14.1. The van der Waals surface area contributed by atoms with Crippen molar-refractivity contribution < 1.29 is 42.9 Å². The predicted octanol–water partition coefficient (Wildman–Crippen LogP) is 2.89. The van der Waals surface area contributed by atoms with Crippen LogP contribution in [0.25, 0.3) is 0 Å². The van der Waals surface area contributed by atoms with Gasteiger partial charge in [-0.2, -0.15) is 0 Å². The second-order valence-corrected chi connectivity index (χ2v) is 11.5. The van der Waals surface area contributed by atoms with Gasteiger partial charge in [0.2, 0.25) is 6.29 Å². The van der Waals surface area contributed by atoms with E-state index in [1.807, 2.05) is 6.92 Å². The van der Waals surface area contributed by atoms with Gasteiger partial charge in [0.05, 0.1) is 25.2 Å². The first-order valence-electron chi connectivity index (χ1n) is 13.0. The van der Waals surface area contributed by atoms with Gasteiger partial charge in [-0.05, 0) is 50.9 Å². The molecule has 0 radical (unpaired) electrons. The maximum Gasteiger partial charge on any atom is 0.335 e. The van der Waals surface area contributed by atoms with Crippen LogP contribution in [0.5, 0.6) is 0 Å². The lowest BCUT2D eigenvalue weighted by molar-refractivity contribution is -0.358. The number of hydrogen-bond donors (Lipinski definition) is 0. The van der Waals surface area contributed by atoms with Crippen LogP contribution in [0.15, 0.2) is 11.6 Å². The molecule has 36 heavy (non-hydrogen) atoms. The molecule has 6 fully saturated rings. The van der Waals surface area contributed by atoms with Crippen molar-refractivity contribution in [3.8, 4) is 0 Å². The van der Waals surface area contributed by atoms with Gasteiger partial charge in [0, 0.05) is 24.8 Å². The number of ether oxygens (including phenoxy) is 5. The summed E-state index contributed by atoms with van der Waals surface area (Å²) in [7, 11) is 0. The van der Waals surface area contributed by atoms with Crippen LogP contribution in [-0.2, 0) is 42.9 Å². The minimum Gasteiger partial charge on any atom is -0.465 e. The molecule has 2 bridgehead atoms. The van der Waals surface area contributed by atoms with Gasteiger partial charge < -0.3 is 23.7 Å². The average Bonchev–Trinajstić information content (AvgIpc) is 3.48. The summed E-state index contributed by atoms with van der Waals surface area (Å²) < 4.78 is 29.4. The summed E-state index contributed by atoms with van der Waals surface area (Å²) in [5, 5.41) is 0. The first-order chi connectivity index (χ1) is 17.0. The third-order valence-electron chi connectivity index (χ3n) is 9.85. The zero-order valence-electron chi connectivity index (χ0n) is 21.7. The standard InChI is InChI=1S/C27H36O9/c1-6-14(2)22(30)36-24-27-19(11-18(35-24)12-26(27)13-33-26)25(5,9-7-17-8-10-32-23(17)31)15(3)20(29)21(27)34-16(4)28/h6,15,17-19,21,24H,7-13H2,1-5H3/b14-6+/t15-,17+,18-,19-,21+,24-,25+,26+,27+/m1/s1. The molecular formula is C27H36O9. The highest BCUT2D eigenvalue weighted by Crippen LogP contribution is 2.73. The van der Waals surface area contributed by atoms with E-state index in [4.69, 9.17) is 23.7 Å². The van der Waals surface area contributed by atoms with Gasteiger partial charge in [0.25, 0.3) is 0 Å². The molecule has 9 atom stereocenters. The first-order valence-corrected chi connectivity index (χ1v) is 13.0. The van der Waals surface area contributed by atoms with Gasteiger partial charge in [-0.3, -0.25) is 14.4 Å². The lowest BCUT2D eigenvalue weighted by Crippen LogP contribution is -2.78. The maximum atomic E-state index is 14.1. The van der Waals surface area contributed by atoms with E-state index in [2.05, 4.69) is 6.92 Å². The second-order valence-electron chi connectivity index (χ2n) is 11.5. The van der Waals surface area contributed by atoms with Crippen LogP contribution < -0.4 is 0 Å². The third kappa shape index (κ3) is 3.49. The minimum absolute atomic E-state index is 0.190. The molecule has 198 valence electrons. The van der Waals surface area contributed by atoms with Crippen LogP contribution in [0.3, 0.4) is 0 Å². The van der Waals surface area contributed by atoms with Crippen LogP contribution in [0.2, 0.25) is 0 Å². The number of cyclic esters (lactones) is 1. The first kappa shape index (κ1) is 25.4. The number of rotatable bonds is 6. The number of allylic oxidation sites excluding steroid dienone is 1. The zero-order chi connectivity index (χ0) is 26.0. The quantitative estimate of drug-likeness (QED) is 0.233. The summed E-state index contributed by atoms with van der Waals surface area (Å²) in [6.45, 7) is 9.45. The Hall–Kier alpha value is -2.26. The number of fused-ring (bicyclic) bond motifs is 1. The molecule has 2 aliphatic carbocycles. The van der Waals surface area contributed by atoms with Crippen molar-refractivity contribution in [3.63, 3.8) is 0 Å². The molecule has 4 aliphatic heterocycles. The zero-order valence-corrected chi connectivity index (χ0v) is 21.7. The van der Waals surface area contributed by atoms with E-state index in [0.717, 1.165) is 0 Å². The molecule has 0 unspecified atom stereocenters. The van der Waals surface area contributed by atoms with E-state index in [1.54, 1.807) is 19.9 Å². The second kappa shape index (κ2) is 8.65. The third-order valence-corrected chi connectivity index (χ3v) is 9.85. The molecule has 0 aromatic heterocycles. The summed E-state index contributed by atoms with van der Waals surface area (Å²) in [6.07, 6.45) is 2.22. The summed E-state index contributed by atoms with van der Waals surface area (Å²) in [6, 6.07) is 0. The van der Waals surface area contributed by atoms with Crippen LogP contribution in [-0.4, -0.2) is 61.0 Å². The van der Waals surface area contributed by atoms with E-state index < -0.39 is 46.7 Å². The topological polar surface area (TPSA) is 118 Å². The van der Waals surface area contributed by atoms with Gasteiger partial charge >= 0.3 is 17.9 Å². The van der Waals surface area contributed by atoms with E-state index in [0.29, 0.717) is 50.9 Å². The van der Waals surface area contributed by atoms with Gasteiger partial charge in [-0.1, -0.05) is 19.9 Å². The Labute approximate surface area is 211 Å². The normalized spacial score (nSPS) is 45.3. The van der Waals surface area contributed by atoms with Gasteiger partial charge in [0.15, 0.2) is 11.9 Å². The SMILES string of the molecule is C/C=C(\C)C(=O)O[C@H]1O[C@@H]2C[C@@H]3[C@@](C)(CC[C@H]4CCOC4=O)[C@H](C)C(=O)[C@H](OC(C)=O)[C@]13[C@@]1(CO1)C2. The molecule has 6 rings (SSSR count). The average molecular weight is 505 g/mol. The van der Waals surface area contributed by atoms with E-state index in [9.17, 15) is 19.2 Å².